The topological polar surface area (TPSA) is 131 Å². The van der Waals surface area contributed by atoms with Crippen molar-refractivity contribution in [1.29, 1.82) is 5.26 Å². The van der Waals surface area contributed by atoms with Gasteiger partial charge in [-0.3, -0.25) is 0 Å². The van der Waals surface area contributed by atoms with Gasteiger partial charge >= 0.3 is 15.6 Å². The van der Waals surface area contributed by atoms with E-state index in [1.54, 1.807) is 26.8 Å². The number of nitrogens with one attached hydrogen (secondary N) is 1. The molecular formula is C17H15F3N3O5S-. The highest BCUT2D eigenvalue weighted by Crippen LogP contribution is 2.36. The highest BCUT2D eigenvalue weighted by molar-refractivity contribution is 7.87. The summed E-state index contributed by atoms with van der Waals surface area (Å²) in [5.41, 5.74) is -6.73. The van der Waals surface area contributed by atoms with Crippen LogP contribution in [0, 0.1) is 21.7 Å². The van der Waals surface area contributed by atoms with E-state index in [2.05, 4.69) is 9.17 Å². The Bertz CT molecular complexity index is 1050. The maximum atomic E-state index is 12.7. The van der Waals surface area contributed by atoms with Crippen LogP contribution in [0.4, 0.5) is 18.9 Å². The van der Waals surface area contributed by atoms with Crippen LogP contribution in [0.5, 0.6) is 5.88 Å². The number of pyridine rings is 1. The minimum atomic E-state index is -6.06. The minimum absolute atomic E-state index is 0.0321. The molecule has 0 fully saturated rings. The number of halogens is 3. The lowest BCUT2D eigenvalue weighted by Crippen LogP contribution is -2.96. The maximum absolute atomic E-state index is 12.7. The minimum Gasteiger partial charge on any atom is -0.628 e. The molecular weight excluding hydrogens is 415 g/mol. The normalized spacial score (nSPS) is 12.7. The van der Waals surface area contributed by atoms with Gasteiger partial charge in [0.2, 0.25) is 0 Å². The molecule has 1 aromatic carbocycles. The molecule has 0 aliphatic heterocycles. The molecule has 1 heterocycles. The quantitative estimate of drug-likeness (QED) is 0.448. The molecule has 8 nitrogen and oxygen atoms in total. The molecule has 0 atom stereocenters. The van der Waals surface area contributed by atoms with Crippen LogP contribution < -0.4 is 9.41 Å². The molecule has 0 radical (unpaired) electrons. The van der Waals surface area contributed by atoms with Crippen LogP contribution in [0.2, 0.25) is 0 Å². The molecule has 1 N–H and O–H groups in total. The average Bonchev–Trinajstić information content (AvgIpc) is 2.59. The van der Waals surface area contributed by atoms with Gasteiger partial charge in [-0.2, -0.15) is 26.9 Å². The molecule has 0 bridgehead atoms. The van der Waals surface area contributed by atoms with Crippen molar-refractivity contribution in [3.8, 4) is 23.1 Å². The summed E-state index contributed by atoms with van der Waals surface area (Å²) in [6.45, 7) is 5.02. The van der Waals surface area contributed by atoms with E-state index in [0.717, 1.165) is 0 Å². The van der Waals surface area contributed by atoms with Crippen molar-refractivity contribution in [3.63, 3.8) is 0 Å². The summed E-state index contributed by atoms with van der Waals surface area (Å²) in [7, 11) is -6.06. The van der Waals surface area contributed by atoms with Crippen molar-refractivity contribution >= 4 is 15.8 Å². The zero-order valence-corrected chi connectivity index (χ0v) is 16.2. The van der Waals surface area contributed by atoms with E-state index in [4.69, 9.17) is 0 Å². The number of nitrogens with zero attached hydrogens (tertiary/aromatic N) is 2. The molecule has 0 unspecified atom stereocenters. The number of nitriles is 1. The van der Waals surface area contributed by atoms with Gasteiger partial charge in [0.15, 0.2) is 0 Å². The lowest BCUT2D eigenvalue weighted by Gasteiger charge is -2.25. The van der Waals surface area contributed by atoms with E-state index in [0.29, 0.717) is 0 Å². The first kappa shape index (κ1) is 22.6. The molecule has 0 spiro atoms. The second-order valence-corrected chi connectivity index (χ2v) is 8.48. The second kappa shape index (κ2) is 7.60. The molecule has 29 heavy (non-hydrogen) atoms. The monoisotopic (exact) mass is 430 g/mol. The predicted octanol–water partition coefficient (Wildman–Crippen LogP) is 2.66. The van der Waals surface area contributed by atoms with Crippen molar-refractivity contribution < 1.29 is 31.0 Å². The standard InChI is InChI=1S/C17H15F3N3O5S/c1-16(2,3)14-8-12(10-4-6-11(7-5-10)23(24)25)13(9-21)15(22-14)28-29(26,27)17(18,19)20/h4-8,23H,1-3H3/q-1. The van der Waals surface area contributed by atoms with Crippen LogP contribution in [-0.4, -0.2) is 18.9 Å². The van der Waals surface area contributed by atoms with E-state index in [-0.39, 0.29) is 22.5 Å². The van der Waals surface area contributed by atoms with Gasteiger partial charge in [-0.05, 0) is 23.8 Å². The summed E-state index contributed by atoms with van der Waals surface area (Å²) in [6.07, 6.45) is 0. The second-order valence-electron chi connectivity index (χ2n) is 6.95. The first-order chi connectivity index (χ1) is 13.2. The summed E-state index contributed by atoms with van der Waals surface area (Å²) in [6, 6.07) is 7.96. The number of quaternary nitrogens is 1. The molecule has 0 amide bonds. The summed E-state index contributed by atoms with van der Waals surface area (Å²) in [5, 5.41) is 29.8. The van der Waals surface area contributed by atoms with Crippen LogP contribution in [-0.2, 0) is 15.5 Å². The predicted molar refractivity (Wildman–Crippen MR) is 96.0 cm³/mol. The van der Waals surface area contributed by atoms with Crippen LogP contribution in [0.25, 0.3) is 11.1 Å². The Morgan fingerprint density at radius 3 is 2.10 bits per heavy atom. The highest BCUT2D eigenvalue weighted by Gasteiger charge is 2.49. The number of aromatic nitrogens is 1. The van der Waals surface area contributed by atoms with Gasteiger partial charge in [-0.1, -0.05) is 20.8 Å². The Morgan fingerprint density at radius 2 is 1.69 bits per heavy atom. The number of benzene rings is 1. The molecule has 2 aromatic rings. The number of hydrogen-bond donors (Lipinski definition) is 1. The average molecular weight is 430 g/mol. The molecule has 1 aromatic heterocycles. The lowest BCUT2D eigenvalue weighted by atomic mass is 9.88. The van der Waals surface area contributed by atoms with Crippen LogP contribution >= 0.6 is 0 Å². The molecule has 0 saturated heterocycles. The van der Waals surface area contributed by atoms with Crippen molar-refractivity contribution in [3.05, 3.63) is 52.0 Å². The summed E-state index contributed by atoms with van der Waals surface area (Å²) < 4.78 is 65.3. The Hall–Kier alpha value is -2.72. The van der Waals surface area contributed by atoms with Gasteiger partial charge in [0, 0.05) is 23.1 Å². The largest absolute Gasteiger partial charge is 0.628 e. The summed E-state index contributed by atoms with van der Waals surface area (Å²) in [5.74, 6) is -1.02. The molecule has 156 valence electrons. The van der Waals surface area contributed by atoms with Crippen LogP contribution in [0.15, 0.2) is 30.3 Å². The summed E-state index contributed by atoms with van der Waals surface area (Å²) >= 11 is 0. The number of alkyl halides is 3. The van der Waals surface area contributed by atoms with Crippen LogP contribution in [0.1, 0.15) is 32.0 Å². The number of hydrogen-bond acceptors (Lipinski definition) is 7. The van der Waals surface area contributed by atoms with E-state index in [1.165, 1.54) is 30.3 Å². The van der Waals surface area contributed by atoms with E-state index >= 15 is 0 Å². The van der Waals surface area contributed by atoms with Crippen molar-refractivity contribution in [1.82, 2.24) is 4.98 Å². The Labute approximate surface area is 164 Å². The highest BCUT2D eigenvalue weighted by atomic mass is 32.2. The van der Waals surface area contributed by atoms with Crippen LogP contribution in [0.3, 0.4) is 0 Å². The third kappa shape index (κ3) is 4.83. The maximum Gasteiger partial charge on any atom is 0.534 e. The fourth-order valence-electron chi connectivity index (χ4n) is 2.24. The Kier molecular flexibility index (Phi) is 5.91. The van der Waals surface area contributed by atoms with Crippen molar-refractivity contribution in [2.45, 2.75) is 31.7 Å². The van der Waals surface area contributed by atoms with Gasteiger partial charge in [-0.15, -0.1) is 0 Å². The fraction of sp³-hybridized carbons (Fsp3) is 0.294. The van der Waals surface area contributed by atoms with E-state index in [9.17, 15) is 37.3 Å². The third-order valence-electron chi connectivity index (χ3n) is 3.77. The Morgan fingerprint density at radius 1 is 1.14 bits per heavy atom. The molecule has 12 heteroatoms. The molecule has 2 rings (SSSR count). The molecule has 0 aliphatic carbocycles. The third-order valence-corrected chi connectivity index (χ3v) is 4.71. The first-order valence-electron chi connectivity index (χ1n) is 7.95. The summed E-state index contributed by atoms with van der Waals surface area (Å²) in [4.78, 5) is 3.82. The van der Waals surface area contributed by atoms with Gasteiger partial charge in [0.1, 0.15) is 17.3 Å². The Balaban J connectivity index is 2.75. The van der Waals surface area contributed by atoms with E-state index in [1.807, 2.05) is 0 Å². The van der Waals surface area contributed by atoms with E-state index < -0.39 is 37.7 Å². The first-order valence-corrected chi connectivity index (χ1v) is 9.36. The van der Waals surface area contributed by atoms with Gasteiger partial charge in [0.05, 0.1) is 5.69 Å². The zero-order valence-electron chi connectivity index (χ0n) is 15.4. The lowest BCUT2D eigenvalue weighted by molar-refractivity contribution is -0.715. The zero-order chi connectivity index (χ0) is 22.2. The van der Waals surface area contributed by atoms with Gasteiger partial charge < -0.3 is 19.8 Å². The van der Waals surface area contributed by atoms with Gasteiger partial charge in [-0.25, -0.2) is 4.98 Å². The fourth-order valence-corrected chi connectivity index (χ4v) is 2.66. The van der Waals surface area contributed by atoms with Crippen molar-refractivity contribution in [2.24, 2.45) is 0 Å². The number of rotatable bonds is 4. The SMILES string of the molecule is CC(C)(C)c1cc(-c2ccc([NH+]([O-])[O-])cc2)c(C#N)c(OS(=O)(=O)C(F)(F)F)n1. The van der Waals surface area contributed by atoms with Crippen molar-refractivity contribution in [2.75, 3.05) is 0 Å². The van der Waals surface area contributed by atoms with Gasteiger partial charge in [0.25, 0.3) is 5.88 Å². The molecule has 0 saturated carbocycles. The molecule has 0 aliphatic rings. The smallest absolute Gasteiger partial charge is 0.534 e.